The summed E-state index contributed by atoms with van der Waals surface area (Å²) in [4.78, 5) is 0. The third-order valence-corrected chi connectivity index (χ3v) is 11.0. The molecular formula is C44H24O2S. The van der Waals surface area contributed by atoms with E-state index in [-0.39, 0.29) is 0 Å². The molecule has 0 fully saturated rings. The summed E-state index contributed by atoms with van der Waals surface area (Å²) in [5, 5.41) is 13.3. The normalized spacial score (nSPS) is 12.3. The first-order chi connectivity index (χ1) is 23.3. The van der Waals surface area contributed by atoms with Gasteiger partial charge in [-0.2, -0.15) is 0 Å². The number of para-hydroxylation sites is 1. The lowest BCUT2D eigenvalue weighted by Gasteiger charge is -2.18. The van der Waals surface area contributed by atoms with Crippen LogP contribution in [0.25, 0.3) is 108 Å². The van der Waals surface area contributed by atoms with Gasteiger partial charge in [-0.05, 0) is 85.9 Å². The van der Waals surface area contributed by atoms with Crippen molar-refractivity contribution in [1.29, 1.82) is 0 Å². The molecule has 11 aromatic rings. The Kier molecular flexibility index (Phi) is 5.02. The standard InChI is InChI=1S/C44H24O2S/c1-3-12-31-29(10-1)41(26-18-17-25-23-38-35(22-27(25)21-26)28-9-5-7-15-37(28)46-38)30-11-2-4-13-32(30)42(31)36-24-40-43(34-19-20-45-44(34)36)33-14-6-8-16-39(33)47-40/h1-24H. The molecule has 0 aliphatic heterocycles. The third-order valence-electron chi connectivity index (χ3n) is 9.90. The molecule has 3 heterocycles. The molecule has 0 aliphatic rings. The maximum absolute atomic E-state index is 6.35. The van der Waals surface area contributed by atoms with Crippen LogP contribution in [0.15, 0.2) is 155 Å². The zero-order chi connectivity index (χ0) is 30.6. The van der Waals surface area contributed by atoms with Crippen LogP contribution >= 0.6 is 11.3 Å². The zero-order valence-electron chi connectivity index (χ0n) is 25.1. The van der Waals surface area contributed by atoms with Gasteiger partial charge < -0.3 is 8.83 Å². The van der Waals surface area contributed by atoms with Gasteiger partial charge >= 0.3 is 0 Å². The van der Waals surface area contributed by atoms with Crippen LogP contribution in [0.5, 0.6) is 0 Å². The van der Waals surface area contributed by atoms with Gasteiger partial charge in [-0.1, -0.05) is 97.1 Å². The zero-order valence-corrected chi connectivity index (χ0v) is 25.9. The summed E-state index contributed by atoms with van der Waals surface area (Å²) in [5.74, 6) is 0. The molecule has 8 aromatic carbocycles. The molecule has 0 bridgehead atoms. The van der Waals surface area contributed by atoms with Gasteiger partial charge in [-0.25, -0.2) is 0 Å². The molecule has 3 heteroatoms. The lowest BCUT2D eigenvalue weighted by molar-refractivity contribution is 0.617. The predicted octanol–water partition coefficient (Wildman–Crippen LogP) is 13.5. The highest BCUT2D eigenvalue weighted by Gasteiger charge is 2.22. The van der Waals surface area contributed by atoms with E-state index in [1.54, 1.807) is 0 Å². The van der Waals surface area contributed by atoms with E-state index in [1.165, 1.54) is 74.6 Å². The Morgan fingerprint density at radius 1 is 0.426 bits per heavy atom. The van der Waals surface area contributed by atoms with Crippen LogP contribution in [0.2, 0.25) is 0 Å². The summed E-state index contributed by atoms with van der Waals surface area (Å²) >= 11 is 1.85. The molecule has 11 rings (SSSR count). The van der Waals surface area contributed by atoms with Crippen molar-refractivity contribution < 1.29 is 8.83 Å². The first kappa shape index (κ1) is 25.3. The monoisotopic (exact) mass is 616 g/mol. The fourth-order valence-electron chi connectivity index (χ4n) is 7.89. The predicted molar refractivity (Wildman–Crippen MR) is 200 cm³/mol. The molecule has 0 amide bonds. The molecule has 0 saturated carbocycles. The van der Waals surface area contributed by atoms with Gasteiger partial charge in [0.25, 0.3) is 0 Å². The molecule has 2 nitrogen and oxygen atoms in total. The van der Waals surface area contributed by atoms with Crippen molar-refractivity contribution >= 4 is 96.7 Å². The summed E-state index contributed by atoms with van der Waals surface area (Å²) < 4.78 is 15.1. The molecule has 0 radical (unpaired) electrons. The smallest absolute Gasteiger partial charge is 0.142 e. The number of hydrogen-bond donors (Lipinski definition) is 0. The first-order valence-corrected chi connectivity index (χ1v) is 16.7. The Balaban J connectivity index is 1.23. The number of benzene rings is 8. The second kappa shape index (κ2) is 9.32. The van der Waals surface area contributed by atoms with E-state index in [0.29, 0.717) is 0 Å². The Morgan fingerprint density at radius 2 is 1.11 bits per heavy atom. The Labute approximate surface area is 272 Å². The number of thiophene rings is 1. The van der Waals surface area contributed by atoms with Crippen molar-refractivity contribution in [1.82, 2.24) is 0 Å². The summed E-state index contributed by atoms with van der Waals surface area (Å²) in [7, 11) is 0. The Hall–Kier alpha value is -5.90. The number of hydrogen-bond acceptors (Lipinski definition) is 3. The van der Waals surface area contributed by atoms with Crippen LogP contribution in [-0.4, -0.2) is 0 Å². The molecule has 3 aromatic heterocycles. The van der Waals surface area contributed by atoms with Crippen molar-refractivity contribution in [3.63, 3.8) is 0 Å². The largest absolute Gasteiger partial charge is 0.464 e. The van der Waals surface area contributed by atoms with Crippen LogP contribution in [-0.2, 0) is 0 Å². The van der Waals surface area contributed by atoms with Crippen LogP contribution in [0, 0.1) is 0 Å². The Morgan fingerprint density at radius 3 is 1.89 bits per heavy atom. The molecule has 47 heavy (non-hydrogen) atoms. The van der Waals surface area contributed by atoms with Crippen molar-refractivity contribution in [2.45, 2.75) is 0 Å². The molecule has 218 valence electrons. The van der Waals surface area contributed by atoms with E-state index in [2.05, 4.69) is 127 Å². The topological polar surface area (TPSA) is 26.3 Å². The fourth-order valence-corrected chi connectivity index (χ4v) is 9.06. The molecular weight excluding hydrogens is 593 g/mol. The second-order valence-corrected chi connectivity index (χ2v) is 13.5. The van der Waals surface area contributed by atoms with Crippen LogP contribution < -0.4 is 0 Å². The highest BCUT2D eigenvalue weighted by molar-refractivity contribution is 7.26. The SMILES string of the molecule is c1ccc2c(c1)oc1cc3ccc(-c4c5ccccc5c(-c5cc6sc7ccccc7c6c6ccoc56)c5ccccc45)cc3cc12. The van der Waals surface area contributed by atoms with Gasteiger partial charge in [0.15, 0.2) is 0 Å². The van der Waals surface area contributed by atoms with Gasteiger partial charge in [-0.15, -0.1) is 11.3 Å². The average molecular weight is 617 g/mol. The number of fused-ring (bicyclic) bond motifs is 11. The third kappa shape index (κ3) is 3.49. The van der Waals surface area contributed by atoms with E-state index in [4.69, 9.17) is 8.83 Å². The quantitative estimate of drug-likeness (QED) is 0.181. The minimum Gasteiger partial charge on any atom is -0.464 e. The molecule has 0 atom stereocenters. The molecule has 0 aliphatic carbocycles. The van der Waals surface area contributed by atoms with Crippen molar-refractivity contribution in [3.8, 4) is 22.3 Å². The minimum absolute atomic E-state index is 0.921. The summed E-state index contributed by atoms with van der Waals surface area (Å²) in [6.45, 7) is 0. The lowest BCUT2D eigenvalue weighted by atomic mass is 9.85. The van der Waals surface area contributed by atoms with E-state index in [9.17, 15) is 0 Å². The van der Waals surface area contributed by atoms with Crippen molar-refractivity contribution in [2.24, 2.45) is 0 Å². The molecule has 0 saturated heterocycles. The summed E-state index contributed by atoms with van der Waals surface area (Å²) in [5.41, 5.74) is 7.58. The summed E-state index contributed by atoms with van der Waals surface area (Å²) in [6.07, 6.45) is 1.84. The minimum atomic E-state index is 0.921. The Bertz CT molecular complexity index is 3020. The van der Waals surface area contributed by atoms with Gasteiger partial charge in [0.1, 0.15) is 16.7 Å². The maximum atomic E-state index is 6.35. The van der Waals surface area contributed by atoms with Gasteiger partial charge in [-0.3, -0.25) is 0 Å². The molecule has 0 N–H and O–H groups in total. The van der Waals surface area contributed by atoms with Crippen molar-refractivity contribution in [3.05, 3.63) is 146 Å². The fraction of sp³-hybridized carbons (Fsp3) is 0. The van der Waals surface area contributed by atoms with Gasteiger partial charge in [0.2, 0.25) is 0 Å². The number of rotatable bonds is 2. The van der Waals surface area contributed by atoms with Crippen LogP contribution in [0.1, 0.15) is 0 Å². The number of furan rings is 2. The van der Waals surface area contributed by atoms with Crippen molar-refractivity contribution in [2.75, 3.05) is 0 Å². The first-order valence-electron chi connectivity index (χ1n) is 15.9. The van der Waals surface area contributed by atoms with Gasteiger partial charge in [0.05, 0.1) is 6.26 Å². The molecule has 0 unspecified atom stereocenters. The van der Waals surface area contributed by atoms with Crippen LogP contribution in [0.3, 0.4) is 0 Å². The van der Waals surface area contributed by atoms with Crippen LogP contribution in [0.4, 0.5) is 0 Å². The highest BCUT2D eigenvalue weighted by Crippen LogP contribution is 2.49. The van der Waals surface area contributed by atoms with E-state index in [1.807, 2.05) is 29.7 Å². The van der Waals surface area contributed by atoms with E-state index >= 15 is 0 Å². The summed E-state index contributed by atoms with van der Waals surface area (Å²) in [6, 6.07) is 50.5. The lowest BCUT2D eigenvalue weighted by Crippen LogP contribution is -1.91. The van der Waals surface area contributed by atoms with Gasteiger partial charge in [0, 0.05) is 47.5 Å². The second-order valence-electron chi connectivity index (χ2n) is 12.4. The molecule has 0 spiro atoms. The maximum Gasteiger partial charge on any atom is 0.142 e. The van der Waals surface area contributed by atoms with E-state index in [0.717, 1.165) is 33.1 Å². The van der Waals surface area contributed by atoms with E-state index < -0.39 is 0 Å². The average Bonchev–Trinajstić information content (AvgIpc) is 3.84. The highest BCUT2D eigenvalue weighted by atomic mass is 32.1.